The number of carbonyl (C=O) groups excluding carboxylic acids is 1. The van der Waals surface area contributed by atoms with Crippen LogP contribution in [0.2, 0.25) is 0 Å². The molecule has 3 N–H and O–H groups in total. The number of rotatable bonds is 6. The van der Waals surface area contributed by atoms with Crippen molar-refractivity contribution in [1.82, 2.24) is 10.6 Å². The van der Waals surface area contributed by atoms with E-state index in [-0.39, 0.29) is 11.8 Å². The number of nitrogens with one attached hydrogen (secondary N) is 2. The highest BCUT2D eigenvalue weighted by molar-refractivity contribution is 5.73. The quantitative estimate of drug-likeness (QED) is 0.669. The molecule has 0 radical (unpaired) electrons. The van der Waals surface area contributed by atoms with E-state index in [0.29, 0.717) is 25.3 Å². The Morgan fingerprint density at radius 3 is 2.94 bits per heavy atom. The van der Waals surface area contributed by atoms with Gasteiger partial charge in [0.1, 0.15) is 0 Å². The molecular weight excluding hydrogens is 232 g/mol. The normalized spacial score (nSPS) is 9.61. The third-order valence-corrected chi connectivity index (χ3v) is 2.39. The van der Waals surface area contributed by atoms with Crippen LogP contribution in [0.3, 0.4) is 0 Å². The summed E-state index contributed by atoms with van der Waals surface area (Å²) in [6.45, 7) is 4.36. The van der Waals surface area contributed by atoms with Crippen molar-refractivity contribution in [2.45, 2.75) is 6.42 Å². The number of urea groups is 1. The maximum Gasteiger partial charge on any atom is 0.315 e. The molecule has 98 valence electrons. The van der Waals surface area contributed by atoms with Crippen LogP contribution in [0, 0.1) is 0 Å². The summed E-state index contributed by atoms with van der Waals surface area (Å²) in [4.78, 5) is 11.2. The number of para-hydroxylation sites is 1. The molecule has 0 saturated heterocycles. The molecule has 0 atom stereocenters. The average molecular weight is 250 g/mol. The molecule has 0 fully saturated rings. The Morgan fingerprint density at radius 2 is 2.28 bits per heavy atom. The van der Waals surface area contributed by atoms with Gasteiger partial charge in [-0.2, -0.15) is 0 Å². The van der Waals surface area contributed by atoms with Gasteiger partial charge in [-0.05, 0) is 18.1 Å². The first kappa shape index (κ1) is 13.9. The van der Waals surface area contributed by atoms with E-state index in [9.17, 15) is 9.90 Å². The molecule has 2 amide bonds. The van der Waals surface area contributed by atoms with Crippen LogP contribution in [0.25, 0.3) is 0 Å². The first-order valence-electron chi connectivity index (χ1n) is 5.66. The Hall–Kier alpha value is -2.17. The molecule has 0 spiro atoms. The number of hydrogen-bond acceptors (Lipinski definition) is 3. The zero-order chi connectivity index (χ0) is 13.4. The average Bonchev–Trinajstić information content (AvgIpc) is 2.38. The molecule has 1 aromatic carbocycles. The number of phenolic OH excluding ortho intramolecular Hbond substituents is 1. The SMILES string of the molecule is C=CCNC(=O)NCCc1cccc(OC)c1O. The molecule has 0 aliphatic carbocycles. The molecular formula is C13H18N2O3. The number of hydrogen-bond donors (Lipinski definition) is 3. The first-order chi connectivity index (χ1) is 8.69. The van der Waals surface area contributed by atoms with E-state index in [1.165, 1.54) is 7.11 Å². The lowest BCUT2D eigenvalue weighted by Crippen LogP contribution is -2.36. The topological polar surface area (TPSA) is 70.6 Å². The number of carbonyl (C=O) groups is 1. The fourth-order valence-electron chi connectivity index (χ4n) is 1.47. The Balaban J connectivity index is 2.44. The van der Waals surface area contributed by atoms with Crippen LogP contribution in [0.4, 0.5) is 4.79 Å². The van der Waals surface area contributed by atoms with Crippen molar-refractivity contribution in [1.29, 1.82) is 0 Å². The van der Waals surface area contributed by atoms with Gasteiger partial charge in [-0.1, -0.05) is 18.2 Å². The van der Waals surface area contributed by atoms with Crippen molar-refractivity contribution in [2.24, 2.45) is 0 Å². The number of aromatic hydroxyl groups is 1. The molecule has 0 saturated carbocycles. The fourth-order valence-corrected chi connectivity index (χ4v) is 1.47. The van der Waals surface area contributed by atoms with Crippen LogP contribution in [0.1, 0.15) is 5.56 Å². The summed E-state index contributed by atoms with van der Waals surface area (Å²) in [7, 11) is 1.50. The zero-order valence-electron chi connectivity index (χ0n) is 10.4. The number of benzene rings is 1. The van der Waals surface area contributed by atoms with Crippen LogP contribution >= 0.6 is 0 Å². The molecule has 5 nitrogen and oxygen atoms in total. The molecule has 18 heavy (non-hydrogen) atoms. The van der Waals surface area contributed by atoms with Gasteiger partial charge in [0.05, 0.1) is 7.11 Å². The van der Waals surface area contributed by atoms with E-state index >= 15 is 0 Å². The van der Waals surface area contributed by atoms with Gasteiger partial charge < -0.3 is 20.5 Å². The van der Waals surface area contributed by atoms with E-state index in [0.717, 1.165) is 5.56 Å². The second-order valence-corrected chi connectivity index (χ2v) is 3.64. The number of ether oxygens (including phenoxy) is 1. The molecule has 0 heterocycles. The second kappa shape index (κ2) is 7.21. The fraction of sp³-hybridized carbons (Fsp3) is 0.308. The van der Waals surface area contributed by atoms with Gasteiger partial charge in [-0.3, -0.25) is 0 Å². The summed E-state index contributed by atoms with van der Waals surface area (Å²) >= 11 is 0. The second-order valence-electron chi connectivity index (χ2n) is 3.64. The van der Waals surface area contributed by atoms with Crippen LogP contribution in [0.5, 0.6) is 11.5 Å². The largest absolute Gasteiger partial charge is 0.504 e. The summed E-state index contributed by atoms with van der Waals surface area (Å²) in [6.07, 6.45) is 2.14. The van der Waals surface area contributed by atoms with Crippen molar-refractivity contribution in [3.8, 4) is 11.5 Å². The molecule has 0 unspecified atom stereocenters. The van der Waals surface area contributed by atoms with Gasteiger partial charge in [-0.15, -0.1) is 6.58 Å². The minimum Gasteiger partial charge on any atom is -0.504 e. The smallest absolute Gasteiger partial charge is 0.315 e. The van der Waals surface area contributed by atoms with Gasteiger partial charge >= 0.3 is 6.03 Å². The minimum absolute atomic E-state index is 0.119. The van der Waals surface area contributed by atoms with E-state index < -0.39 is 0 Å². The summed E-state index contributed by atoms with van der Waals surface area (Å²) in [5.74, 6) is 0.553. The number of phenols is 1. The molecule has 0 bridgehead atoms. The predicted octanol–water partition coefficient (Wildman–Crippen LogP) is 1.43. The number of amides is 2. The van der Waals surface area contributed by atoms with E-state index in [1.807, 2.05) is 0 Å². The van der Waals surface area contributed by atoms with Crippen molar-refractivity contribution in [3.63, 3.8) is 0 Å². The lowest BCUT2D eigenvalue weighted by atomic mass is 10.1. The summed E-state index contributed by atoms with van der Waals surface area (Å²) < 4.78 is 5.01. The maximum atomic E-state index is 11.2. The van der Waals surface area contributed by atoms with Crippen LogP contribution < -0.4 is 15.4 Å². The van der Waals surface area contributed by atoms with Crippen LogP contribution in [-0.2, 0) is 6.42 Å². The highest BCUT2D eigenvalue weighted by Gasteiger charge is 2.07. The van der Waals surface area contributed by atoms with Gasteiger partial charge in [0.2, 0.25) is 0 Å². The standard InChI is InChI=1S/C13H18N2O3/c1-3-8-14-13(17)15-9-7-10-5-4-6-11(18-2)12(10)16/h3-6,16H,1,7-9H2,2H3,(H2,14,15,17). The van der Waals surface area contributed by atoms with E-state index in [4.69, 9.17) is 4.74 Å². The summed E-state index contributed by atoms with van der Waals surface area (Å²) in [5, 5.41) is 15.1. The monoisotopic (exact) mass is 250 g/mol. The van der Waals surface area contributed by atoms with Crippen molar-refractivity contribution >= 4 is 6.03 Å². The Morgan fingerprint density at radius 1 is 1.50 bits per heavy atom. The Kier molecular flexibility index (Phi) is 5.57. The zero-order valence-corrected chi connectivity index (χ0v) is 10.4. The van der Waals surface area contributed by atoms with Gasteiger partial charge in [-0.25, -0.2) is 4.79 Å². The highest BCUT2D eigenvalue weighted by atomic mass is 16.5. The van der Waals surface area contributed by atoms with Crippen LogP contribution in [-0.4, -0.2) is 31.3 Å². The Bertz CT molecular complexity index is 419. The van der Waals surface area contributed by atoms with E-state index in [2.05, 4.69) is 17.2 Å². The minimum atomic E-state index is -0.253. The van der Waals surface area contributed by atoms with Gasteiger partial charge in [0.15, 0.2) is 11.5 Å². The first-order valence-corrected chi connectivity index (χ1v) is 5.66. The molecule has 1 rings (SSSR count). The highest BCUT2D eigenvalue weighted by Crippen LogP contribution is 2.29. The third-order valence-electron chi connectivity index (χ3n) is 2.39. The van der Waals surface area contributed by atoms with Gasteiger partial charge in [0, 0.05) is 13.1 Å². The van der Waals surface area contributed by atoms with E-state index in [1.54, 1.807) is 24.3 Å². The summed E-state index contributed by atoms with van der Waals surface area (Å²) in [5.41, 5.74) is 0.735. The molecule has 1 aromatic rings. The van der Waals surface area contributed by atoms with Gasteiger partial charge in [0.25, 0.3) is 0 Å². The predicted molar refractivity (Wildman–Crippen MR) is 70.0 cm³/mol. The Labute approximate surface area is 106 Å². The van der Waals surface area contributed by atoms with Crippen molar-refractivity contribution in [2.75, 3.05) is 20.2 Å². The lowest BCUT2D eigenvalue weighted by molar-refractivity contribution is 0.242. The molecule has 0 aromatic heterocycles. The number of methoxy groups -OCH3 is 1. The van der Waals surface area contributed by atoms with Crippen molar-refractivity contribution in [3.05, 3.63) is 36.4 Å². The molecule has 0 aliphatic heterocycles. The maximum absolute atomic E-state index is 11.2. The molecule has 5 heteroatoms. The molecule has 0 aliphatic rings. The summed E-state index contributed by atoms with van der Waals surface area (Å²) in [6, 6.07) is 5.02. The lowest BCUT2D eigenvalue weighted by Gasteiger charge is -2.09. The van der Waals surface area contributed by atoms with Crippen LogP contribution in [0.15, 0.2) is 30.9 Å². The third kappa shape index (κ3) is 4.01. The van der Waals surface area contributed by atoms with Crippen molar-refractivity contribution < 1.29 is 14.6 Å².